The molecule has 1 N–H and O–H groups in total. The number of rotatable bonds is 6. The molecule has 1 rings (SSSR count). The first-order valence-electron chi connectivity index (χ1n) is 5.76. The maximum atomic E-state index is 11.5. The molecule has 21 heavy (non-hydrogen) atoms. The quantitative estimate of drug-likeness (QED) is 0.466. The van der Waals surface area contributed by atoms with E-state index in [4.69, 9.17) is 4.74 Å². The molecule has 0 fully saturated rings. The summed E-state index contributed by atoms with van der Waals surface area (Å²) in [5.41, 5.74) is -0.159. The lowest BCUT2D eigenvalue weighted by molar-refractivity contribution is -0.385. The number of carbonyl (C=O) groups is 2. The number of ether oxygens (including phenoxy) is 2. The van der Waals surface area contributed by atoms with E-state index in [1.807, 2.05) is 0 Å². The standard InChI is InChI=1S/C12H13BrN2O6/c1-7(16)14-11(12(17)20-2)6-21-10-4-8(13)3-9(5-10)15(18)19/h3-5,11H,6H2,1-2H3,(H,14,16). The number of hydrogen-bond donors (Lipinski definition) is 1. The molecule has 0 saturated heterocycles. The average Bonchev–Trinajstić information content (AvgIpc) is 2.41. The van der Waals surface area contributed by atoms with Crippen molar-refractivity contribution in [2.45, 2.75) is 13.0 Å². The molecule has 0 bridgehead atoms. The topological polar surface area (TPSA) is 108 Å². The van der Waals surface area contributed by atoms with Crippen molar-refractivity contribution in [3.63, 3.8) is 0 Å². The number of nitro groups is 1. The Morgan fingerprint density at radius 3 is 2.62 bits per heavy atom. The van der Waals surface area contributed by atoms with Crippen LogP contribution in [-0.2, 0) is 14.3 Å². The number of halogens is 1. The van der Waals surface area contributed by atoms with Crippen molar-refractivity contribution >= 4 is 33.5 Å². The number of hydrogen-bond acceptors (Lipinski definition) is 6. The minimum absolute atomic E-state index is 0.159. The van der Waals surface area contributed by atoms with Crippen molar-refractivity contribution in [2.75, 3.05) is 13.7 Å². The molecule has 1 amide bonds. The Morgan fingerprint density at radius 2 is 2.10 bits per heavy atom. The second-order valence-electron chi connectivity index (χ2n) is 3.99. The fraction of sp³-hybridized carbons (Fsp3) is 0.333. The van der Waals surface area contributed by atoms with Gasteiger partial charge in [0.1, 0.15) is 12.4 Å². The summed E-state index contributed by atoms with van der Waals surface area (Å²) in [7, 11) is 1.18. The van der Waals surface area contributed by atoms with Gasteiger partial charge in [-0.25, -0.2) is 4.79 Å². The van der Waals surface area contributed by atoms with Gasteiger partial charge in [-0.15, -0.1) is 0 Å². The molecule has 0 aliphatic carbocycles. The van der Waals surface area contributed by atoms with Gasteiger partial charge in [0.15, 0.2) is 6.04 Å². The molecule has 1 aromatic rings. The largest absolute Gasteiger partial charge is 0.491 e. The summed E-state index contributed by atoms with van der Waals surface area (Å²) in [4.78, 5) is 32.7. The lowest BCUT2D eigenvalue weighted by atomic mass is 10.3. The van der Waals surface area contributed by atoms with Crippen LogP contribution in [0.15, 0.2) is 22.7 Å². The SMILES string of the molecule is COC(=O)C(COc1cc(Br)cc([N+](=O)[O-])c1)NC(C)=O. The second kappa shape index (κ2) is 7.58. The van der Waals surface area contributed by atoms with Crippen LogP contribution in [0.5, 0.6) is 5.75 Å². The summed E-state index contributed by atoms with van der Waals surface area (Å²) in [5, 5.41) is 13.1. The highest BCUT2D eigenvalue weighted by atomic mass is 79.9. The third-order valence-corrected chi connectivity index (χ3v) is 2.80. The van der Waals surface area contributed by atoms with Crippen molar-refractivity contribution < 1.29 is 24.0 Å². The van der Waals surface area contributed by atoms with Gasteiger partial charge in [-0.3, -0.25) is 14.9 Å². The molecular weight excluding hydrogens is 348 g/mol. The number of amides is 1. The van der Waals surface area contributed by atoms with E-state index in [2.05, 4.69) is 26.0 Å². The molecule has 114 valence electrons. The van der Waals surface area contributed by atoms with Crippen molar-refractivity contribution in [1.82, 2.24) is 5.32 Å². The molecule has 0 aromatic heterocycles. The van der Waals surface area contributed by atoms with Gasteiger partial charge in [0, 0.05) is 17.5 Å². The van der Waals surface area contributed by atoms with Crippen LogP contribution in [0.1, 0.15) is 6.92 Å². The van der Waals surface area contributed by atoms with Gasteiger partial charge in [-0.2, -0.15) is 0 Å². The van der Waals surface area contributed by atoms with Crippen LogP contribution in [0.2, 0.25) is 0 Å². The first-order chi connectivity index (χ1) is 9.83. The van der Waals surface area contributed by atoms with E-state index < -0.39 is 22.8 Å². The Kier molecular flexibility index (Phi) is 6.10. The molecule has 1 atom stereocenters. The Labute approximate surface area is 128 Å². The van der Waals surface area contributed by atoms with Crippen LogP contribution in [0.4, 0.5) is 5.69 Å². The Hall–Kier alpha value is -2.16. The number of nitrogens with one attached hydrogen (secondary N) is 1. The molecular formula is C12H13BrN2O6. The highest BCUT2D eigenvalue weighted by Gasteiger charge is 2.21. The van der Waals surface area contributed by atoms with E-state index >= 15 is 0 Å². The molecule has 1 aromatic carbocycles. The molecule has 0 aliphatic rings. The summed E-state index contributed by atoms with van der Waals surface area (Å²) in [6, 6.07) is 3.05. The number of non-ortho nitro benzene ring substituents is 1. The van der Waals surface area contributed by atoms with Crippen molar-refractivity contribution in [3.05, 3.63) is 32.8 Å². The van der Waals surface area contributed by atoms with Crippen molar-refractivity contribution in [2.24, 2.45) is 0 Å². The first kappa shape index (κ1) is 16.9. The van der Waals surface area contributed by atoms with E-state index in [1.165, 1.54) is 32.2 Å². The number of benzene rings is 1. The summed E-state index contributed by atoms with van der Waals surface area (Å²) in [5.74, 6) is -0.903. The van der Waals surface area contributed by atoms with Crippen LogP contribution in [-0.4, -0.2) is 36.6 Å². The summed E-state index contributed by atoms with van der Waals surface area (Å²) >= 11 is 3.13. The minimum Gasteiger partial charge on any atom is -0.491 e. The zero-order valence-corrected chi connectivity index (χ0v) is 12.9. The highest BCUT2D eigenvalue weighted by Crippen LogP contribution is 2.26. The number of nitro benzene ring substituents is 1. The second-order valence-corrected chi connectivity index (χ2v) is 4.91. The molecule has 8 nitrogen and oxygen atoms in total. The number of methoxy groups -OCH3 is 1. The van der Waals surface area contributed by atoms with E-state index in [0.29, 0.717) is 4.47 Å². The fourth-order valence-electron chi connectivity index (χ4n) is 1.47. The van der Waals surface area contributed by atoms with E-state index in [9.17, 15) is 19.7 Å². The molecule has 0 heterocycles. The van der Waals surface area contributed by atoms with Crippen molar-refractivity contribution in [3.8, 4) is 5.75 Å². The lowest BCUT2D eigenvalue weighted by Gasteiger charge is -2.16. The van der Waals surface area contributed by atoms with E-state index in [1.54, 1.807) is 0 Å². The number of carbonyl (C=O) groups excluding carboxylic acids is 2. The number of esters is 1. The van der Waals surface area contributed by atoms with Gasteiger partial charge in [-0.1, -0.05) is 15.9 Å². The Bertz CT molecular complexity index is 563. The van der Waals surface area contributed by atoms with Crippen LogP contribution in [0.25, 0.3) is 0 Å². The van der Waals surface area contributed by atoms with Crippen LogP contribution in [0.3, 0.4) is 0 Å². The normalized spacial score (nSPS) is 11.4. The van der Waals surface area contributed by atoms with E-state index in [-0.39, 0.29) is 18.0 Å². The molecule has 0 aliphatic heterocycles. The van der Waals surface area contributed by atoms with Gasteiger partial charge in [0.05, 0.1) is 18.1 Å². The van der Waals surface area contributed by atoms with Crippen molar-refractivity contribution in [1.29, 1.82) is 0 Å². The zero-order chi connectivity index (χ0) is 16.0. The van der Waals surface area contributed by atoms with Crippen LogP contribution >= 0.6 is 15.9 Å². The molecule has 9 heteroatoms. The molecule has 1 unspecified atom stereocenters. The smallest absolute Gasteiger partial charge is 0.331 e. The molecule has 0 saturated carbocycles. The summed E-state index contributed by atoms with van der Waals surface area (Å²) in [6.45, 7) is 1.04. The molecule has 0 radical (unpaired) electrons. The summed E-state index contributed by atoms with van der Waals surface area (Å²) < 4.78 is 10.3. The van der Waals surface area contributed by atoms with Crippen LogP contribution < -0.4 is 10.1 Å². The van der Waals surface area contributed by atoms with Gasteiger partial charge in [0.25, 0.3) is 5.69 Å². The fourth-order valence-corrected chi connectivity index (χ4v) is 1.93. The maximum absolute atomic E-state index is 11.5. The zero-order valence-electron chi connectivity index (χ0n) is 11.3. The highest BCUT2D eigenvalue weighted by molar-refractivity contribution is 9.10. The van der Waals surface area contributed by atoms with Gasteiger partial charge in [-0.05, 0) is 6.07 Å². The predicted octanol–water partition coefficient (Wildman–Crippen LogP) is 1.41. The summed E-state index contributed by atoms with van der Waals surface area (Å²) in [6.07, 6.45) is 0. The lowest BCUT2D eigenvalue weighted by Crippen LogP contribution is -2.44. The first-order valence-corrected chi connectivity index (χ1v) is 6.55. The van der Waals surface area contributed by atoms with Gasteiger partial charge in [0.2, 0.25) is 5.91 Å². The maximum Gasteiger partial charge on any atom is 0.331 e. The van der Waals surface area contributed by atoms with Gasteiger partial charge < -0.3 is 14.8 Å². The third kappa shape index (κ3) is 5.38. The minimum atomic E-state index is -0.995. The Morgan fingerprint density at radius 1 is 1.43 bits per heavy atom. The predicted molar refractivity (Wildman–Crippen MR) is 75.9 cm³/mol. The van der Waals surface area contributed by atoms with Crippen LogP contribution in [0, 0.1) is 10.1 Å². The third-order valence-electron chi connectivity index (χ3n) is 2.35. The average molecular weight is 361 g/mol. The monoisotopic (exact) mass is 360 g/mol. The van der Waals surface area contributed by atoms with Gasteiger partial charge >= 0.3 is 5.97 Å². The molecule has 0 spiro atoms. The van der Waals surface area contributed by atoms with E-state index in [0.717, 1.165) is 0 Å². The Balaban J connectivity index is 2.82. The number of nitrogens with zero attached hydrogens (tertiary/aromatic N) is 1.